The molecule has 0 aromatic rings. The van der Waals surface area contributed by atoms with Gasteiger partial charge in [-0.15, -0.1) is 0 Å². The molecule has 0 bridgehead atoms. The number of hydrogen-bond acceptors (Lipinski definition) is 5. The van der Waals surface area contributed by atoms with Gasteiger partial charge in [-0.3, -0.25) is 9.59 Å². The van der Waals surface area contributed by atoms with Crippen molar-refractivity contribution in [2.75, 3.05) is 0 Å². The first-order valence-corrected chi connectivity index (χ1v) is 4.87. The summed E-state index contributed by atoms with van der Waals surface area (Å²) in [5, 5.41) is 25.7. The van der Waals surface area contributed by atoms with Crippen molar-refractivity contribution < 1.29 is 14.7 Å². The zero-order valence-corrected chi connectivity index (χ0v) is 9.07. The van der Waals surface area contributed by atoms with Crippen molar-refractivity contribution >= 4 is 17.3 Å². The fraction of sp³-hybridized carbons (Fsp3) is 0.455. The number of hydrogen-bond donors (Lipinski definition) is 2. The van der Waals surface area contributed by atoms with E-state index in [1.165, 1.54) is 13.8 Å². The summed E-state index contributed by atoms with van der Waals surface area (Å²) < 4.78 is 0. The van der Waals surface area contributed by atoms with Gasteiger partial charge in [0, 0.05) is 0 Å². The van der Waals surface area contributed by atoms with Gasteiger partial charge in [0.1, 0.15) is 5.76 Å². The van der Waals surface area contributed by atoms with E-state index in [2.05, 4.69) is 0 Å². The fourth-order valence-corrected chi connectivity index (χ4v) is 1.68. The maximum absolute atomic E-state index is 11.6. The molecule has 0 saturated heterocycles. The minimum absolute atomic E-state index is 0.166. The Kier molecular flexibility index (Phi) is 3.23. The van der Waals surface area contributed by atoms with Gasteiger partial charge >= 0.3 is 0 Å². The van der Waals surface area contributed by atoms with Gasteiger partial charge in [-0.1, -0.05) is 0 Å². The van der Waals surface area contributed by atoms with Gasteiger partial charge in [0.15, 0.2) is 11.6 Å². The lowest BCUT2D eigenvalue weighted by molar-refractivity contribution is -0.124. The van der Waals surface area contributed by atoms with Crippen molar-refractivity contribution in [3.63, 3.8) is 0 Å². The smallest absolute Gasteiger partial charge is 0.182 e. The summed E-state index contributed by atoms with van der Waals surface area (Å²) in [6, 6.07) is 1.67. The number of rotatable bonds is 2. The number of nitrogens with one attached hydrogen (secondary N) is 1. The van der Waals surface area contributed by atoms with E-state index in [4.69, 9.17) is 10.7 Å². The molecule has 1 aliphatic carbocycles. The van der Waals surface area contributed by atoms with Gasteiger partial charge in [-0.25, -0.2) is 0 Å². The second-order valence-corrected chi connectivity index (χ2v) is 3.78. The number of nitrogens with zero attached hydrogens (tertiary/aromatic N) is 1. The van der Waals surface area contributed by atoms with E-state index >= 15 is 0 Å². The topological polar surface area (TPSA) is 102 Å². The van der Waals surface area contributed by atoms with Crippen molar-refractivity contribution in [1.82, 2.24) is 0 Å². The molecule has 84 valence electrons. The van der Waals surface area contributed by atoms with Crippen LogP contribution < -0.4 is 0 Å². The van der Waals surface area contributed by atoms with Crippen molar-refractivity contribution in [1.29, 1.82) is 10.7 Å². The van der Waals surface area contributed by atoms with Crippen LogP contribution in [-0.2, 0) is 9.59 Å². The molecule has 2 N–H and O–H groups in total. The molecule has 0 saturated carbocycles. The third-order valence-corrected chi connectivity index (χ3v) is 2.74. The number of aliphatic hydroxyl groups is 1. The van der Waals surface area contributed by atoms with E-state index in [1.807, 2.05) is 0 Å². The van der Waals surface area contributed by atoms with Gasteiger partial charge < -0.3 is 10.5 Å². The quantitative estimate of drug-likeness (QED) is 0.728. The Labute approximate surface area is 92.9 Å². The van der Waals surface area contributed by atoms with Crippen LogP contribution in [0.15, 0.2) is 11.3 Å². The number of allylic oxidation sites excluding steroid dienone is 2. The largest absolute Gasteiger partial charge is 0.511 e. The number of Topliss-reactive ketones (excluding diaryl/α,β-unsaturated/α-hetero) is 2. The third kappa shape index (κ3) is 1.74. The molecule has 1 rings (SSSR count). The fourth-order valence-electron chi connectivity index (χ4n) is 1.68. The van der Waals surface area contributed by atoms with Gasteiger partial charge in [0.2, 0.25) is 0 Å². The first-order chi connectivity index (χ1) is 7.41. The van der Waals surface area contributed by atoms with E-state index in [0.29, 0.717) is 0 Å². The Morgan fingerprint density at radius 2 is 2.06 bits per heavy atom. The molecular weight excluding hydrogens is 208 g/mol. The van der Waals surface area contributed by atoms with Crippen molar-refractivity contribution in [3.05, 3.63) is 11.3 Å². The van der Waals surface area contributed by atoms with Crippen molar-refractivity contribution in [2.45, 2.75) is 20.3 Å². The zero-order chi connectivity index (χ0) is 12.5. The third-order valence-electron chi connectivity index (χ3n) is 2.74. The van der Waals surface area contributed by atoms with E-state index in [0.717, 1.165) is 0 Å². The number of carbonyl (C=O) groups is 2. The van der Waals surface area contributed by atoms with Crippen LogP contribution >= 0.6 is 0 Å². The van der Waals surface area contributed by atoms with Crippen LogP contribution in [0.2, 0.25) is 0 Å². The van der Waals surface area contributed by atoms with Crippen LogP contribution in [-0.4, -0.2) is 22.4 Å². The highest BCUT2D eigenvalue weighted by Crippen LogP contribution is 2.28. The molecule has 0 spiro atoms. The normalized spacial score (nSPS) is 25.6. The summed E-state index contributed by atoms with van der Waals surface area (Å²) in [5.41, 5.74) is -0.359. The number of carbonyl (C=O) groups excluding carboxylic acids is 2. The van der Waals surface area contributed by atoms with E-state index in [1.54, 1.807) is 6.07 Å². The molecule has 0 aliphatic heterocycles. The van der Waals surface area contributed by atoms with E-state index < -0.39 is 24.0 Å². The molecule has 16 heavy (non-hydrogen) atoms. The highest BCUT2D eigenvalue weighted by atomic mass is 16.3. The standard InChI is InChI=1S/C11H12N2O3/c1-5-9(13)8(7(14)3-4-12)11(16)6(2)10(5)15/h5-6,13,16H,3H2,1-2H3/t5-,6+/m1/s1. The average molecular weight is 220 g/mol. The van der Waals surface area contributed by atoms with Gasteiger partial charge in [-0.05, 0) is 13.8 Å². The lowest BCUT2D eigenvalue weighted by atomic mass is 9.78. The summed E-state index contributed by atoms with van der Waals surface area (Å²) in [6.07, 6.45) is -0.393. The molecule has 5 nitrogen and oxygen atoms in total. The zero-order valence-electron chi connectivity index (χ0n) is 9.07. The molecule has 0 fully saturated rings. The summed E-state index contributed by atoms with van der Waals surface area (Å²) in [6.45, 7) is 3.01. The van der Waals surface area contributed by atoms with Crippen LogP contribution in [0.4, 0.5) is 0 Å². The highest BCUT2D eigenvalue weighted by Gasteiger charge is 2.38. The molecule has 0 radical (unpaired) electrons. The summed E-state index contributed by atoms with van der Waals surface area (Å²) in [4.78, 5) is 23.1. The highest BCUT2D eigenvalue weighted by molar-refractivity contribution is 6.29. The predicted octanol–water partition coefficient (Wildman–Crippen LogP) is 1.16. The maximum Gasteiger partial charge on any atom is 0.182 e. The van der Waals surface area contributed by atoms with Gasteiger partial charge in [0.05, 0.1) is 35.6 Å². The number of nitriles is 1. The molecule has 0 aromatic heterocycles. The molecule has 5 heteroatoms. The Hall–Kier alpha value is -1.96. The number of aliphatic hydroxyl groups excluding tert-OH is 1. The second-order valence-electron chi connectivity index (χ2n) is 3.78. The molecule has 0 heterocycles. The minimum Gasteiger partial charge on any atom is -0.511 e. The first kappa shape index (κ1) is 12.1. The predicted molar refractivity (Wildman–Crippen MR) is 56.0 cm³/mol. The monoisotopic (exact) mass is 220 g/mol. The molecule has 0 aromatic carbocycles. The number of ketones is 2. The second kappa shape index (κ2) is 4.27. The summed E-state index contributed by atoms with van der Waals surface area (Å²) in [7, 11) is 0. The Balaban J connectivity index is 3.24. The van der Waals surface area contributed by atoms with Gasteiger partial charge in [-0.2, -0.15) is 5.26 Å². The summed E-state index contributed by atoms with van der Waals surface area (Å²) in [5.74, 6) is -2.74. The molecule has 2 atom stereocenters. The molecule has 0 amide bonds. The lowest BCUT2D eigenvalue weighted by Gasteiger charge is -2.25. The van der Waals surface area contributed by atoms with Crippen LogP contribution in [0, 0.1) is 28.6 Å². The average Bonchev–Trinajstić information content (AvgIpc) is 2.24. The van der Waals surface area contributed by atoms with Crippen molar-refractivity contribution in [2.24, 2.45) is 11.8 Å². The van der Waals surface area contributed by atoms with Gasteiger partial charge in [0.25, 0.3) is 0 Å². The Morgan fingerprint density at radius 3 is 2.56 bits per heavy atom. The van der Waals surface area contributed by atoms with Crippen LogP contribution in [0.5, 0.6) is 0 Å². The lowest BCUT2D eigenvalue weighted by Crippen LogP contribution is -2.37. The minimum atomic E-state index is -0.776. The maximum atomic E-state index is 11.6. The summed E-state index contributed by atoms with van der Waals surface area (Å²) >= 11 is 0. The van der Waals surface area contributed by atoms with Crippen LogP contribution in [0.1, 0.15) is 20.3 Å². The van der Waals surface area contributed by atoms with E-state index in [9.17, 15) is 14.7 Å². The SMILES string of the molecule is C[C@@H]1C(=N)C(C(=O)CC#N)=C(O)[C@@H](C)C1=O. The van der Waals surface area contributed by atoms with Crippen LogP contribution in [0.25, 0.3) is 0 Å². The molecular formula is C11H12N2O3. The first-order valence-electron chi connectivity index (χ1n) is 4.87. The molecule has 0 unspecified atom stereocenters. The Morgan fingerprint density at radius 1 is 1.50 bits per heavy atom. The van der Waals surface area contributed by atoms with Crippen molar-refractivity contribution in [3.8, 4) is 6.07 Å². The van der Waals surface area contributed by atoms with Crippen LogP contribution in [0.3, 0.4) is 0 Å². The van der Waals surface area contributed by atoms with E-state index in [-0.39, 0.29) is 22.8 Å². The Bertz CT molecular complexity index is 443. The molecule has 1 aliphatic rings.